The Bertz CT molecular complexity index is 652. The number of amides is 1. The molecule has 0 spiro atoms. The molecule has 0 aromatic carbocycles. The fourth-order valence-electron chi connectivity index (χ4n) is 2.60. The topological polar surface area (TPSA) is 84.6 Å². The maximum Gasteiger partial charge on any atom is 0.273 e. The van der Waals surface area contributed by atoms with E-state index in [-0.39, 0.29) is 12.0 Å². The van der Waals surface area contributed by atoms with E-state index in [9.17, 15) is 4.79 Å². The lowest BCUT2D eigenvalue weighted by atomic mass is 10.3. The molecule has 24 heavy (non-hydrogen) atoms. The third kappa shape index (κ3) is 3.97. The van der Waals surface area contributed by atoms with Crippen molar-refractivity contribution in [2.75, 3.05) is 32.8 Å². The first-order chi connectivity index (χ1) is 11.7. The van der Waals surface area contributed by atoms with Crippen molar-refractivity contribution in [3.63, 3.8) is 0 Å². The Morgan fingerprint density at radius 3 is 2.88 bits per heavy atom. The zero-order valence-electron chi connectivity index (χ0n) is 13.8. The Morgan fingerprint density at radius 1 is 1.42 bits per heavy atom. The quantitative estimate of drug-likeness (QED) is 0.781. The van der Waals surface area contributed by atoms with E-state index < -0.39 is 0 Å². The lowest BCUT2D eigenvalue weighted by Crippen LogP contribution is -2.48. The van der Waals surface area contributed by atoms with E-state index in [4.69, 9.17) is 9.26 Å². The first kappa shape index (κ1) is 17.0. The fourth-order valence-corrected chi connectivity index (χ4v) is 3.13. The summed E-state index contributed by atoms with van der Waals surface area (Å²) in [6, 6.07) is 0. The molecule has 1 fully saturated rings. The van der Waals surface area contributed by atoms with Gasteiger partial charge in [0.2, 0.25) is 5.89 Å². The summed E-state index contributed by atoms with van der Waals surface area (Å²) in [5.74, 6) is 1.15. The zero-order valence-corrected chi connectivity index (χ0v) is 14.7. The Labute approximate surface area is 144 Å². The molecule has 1 aliphatic rings. The van der Waals surface area contributed by atoms with Crippen LogP contribution in [-0.2, 0) is 11.3 Å². The minimum Gasteiger partial charge on any atom is -0.371 e. The highest BCUT2D eigenvalue weighted by atomic mass is 32.1. The summed E-state index contributed by atoms with van der Waals surface area (Å²) in [5, 5.41) is 5.75. The third-order valence-electron chi connectivity index (χ3n) is 3.93. The summed E-state index contributed by atoms with van der Waals surface area (Å²) < 4.78 is 10.8. The fraction of sp³-hybridized carbons (Fsp3) is 0.600. The molecule has 130 valence electrons. The minimum atomic E-state index is -0.167. The van der Waals surface area contributed by atoms with Crippen molar-refractivity contribution >= 4 is 17.2 Å². The summed E-state index contributed by atoms with van der Waals surface area (Å²) in [6.45, 7) is 7.93. The first-order valence-electron chi connectivity index (χ1n) is 8.01. The van der Waals surface area contributed by atoms with Gasteiger partial charge in [0.1, 0.15) is 11.8 Å². The Kier molecular flexibility index (Phi) is 5.54. The van der Waals surface area contributed by atoms with Gasteiger partial charge in [-0.1, -0.05) is 5.16 Å². The molecule has 0 saturated carbocycles. The van der Waals surface area contributed by atoms with E-state index in [0.717, 1.165) is 13.1 Å². The van der Waals surface area contributed by atoms with Crippen LogP contribution < -0.4 is 0 Å². The second-order valence-corrected chi connectivity index (χ2v) is 6.30. The Morgan fingerprint density at radius 2 is 2.21 bits per heavy atom. The standard InChI is InChI=1S/C15H21N5O3S/c1-3-22-11(2)14-17-13(23-18-14)8-19-4-6-20(7-5-19)15(21)12-9-24-10-16-12/h9-11H,3-8H2,1-2H3. The van der Waals surface area contributed by atoms with Crippen LogP contribution in [0.3, 0.4) is 0 Å². The molecule has 2 aromatic rings. The lowest BCUT2D eigenvalue weighted by molar-refractivity contribution is 0.0610. The Balaban J connectivity index is 1.50. The molecular formula is C15H21N5O3S. The van der Waals surface area contributed by atoms with Gasteiger partial charge in [0.25, 0.3) is 5.91 Å². The maximum atomic E-state index is 12.3. The molecule has 1 aliphatic heterocycles. The van der Waals surface area contributed by atoms with Gasteiger partial charge in [-0.15, -0.1) is 11.3 Å². The highest BCUT2D eigenvalue weighted by Gasteiger charge is 2.24. The third-order valence-corrected chi connectivity index (χ3v) is 4.52. The second kappa shape index (κ2) is 7.82. The van der Waals surface area contributed by atoms with Crippen LogP contribution in [0.15, 0.2) is 15.4 Å². The van der Waals surface area contributed by atoms with Crippen molar-refractivity contribution in [1.29, 1.82) is 0 Å². The van der Waals surface area contributed by atoms with Gasteiger partial charge in [-0.3, -0.25) is 9.69 Å². The molecule has 3 rings (SSSR count). The number of thiazole rings is 1. The second-order valence-electron chi connectivity index (χ2n) is 5.59. The van der Waals surface area contributed by atoms with E-state index >= 15 is 0 Å². The van der Waals surface area contributed by atoms with Gasteiger partial charge in [0.05, 0.1) is 12.1 Å². The predicted molar refractivity (Wildman–Crippen MR) is 87.6 cm³/mol. The summed E-state index contributed by atoms with van der Waals surface area (Å²) in [6.07, 6.45) is -0.167. The highest BCUT2D eigenvalue weighted by Crippen LogP contribution is 2.15. The van der Waals surface area contributed by atoms with Crippen LogP contribution in [0.5, 0.6) is 0 Å². The van der Waals surface area contributed by atoms with Crippen molar-refractivity contribution in [3.05, 3.63) is 28.3 Å². The van der Waals surface area contributed by atoms with E-state index in [1.807, 2.05) is 18.7 Å². The van der Waals surface area contributed by atoms with Crippen LogP contribution in [0.2, 0.25) is 0 Å². The molecular weight excluding hydrogens is 330 g/mol. The normalized spacial score (nSPS) is 17.2. The molecule has 1 amide bonds. The maximum absolute atomic E-state index is 12.3. The van der Waals surface area contributed by atoms with Crippen molar-refractivity contribution in [2.45, 2.75) is 26.5 Å². The number of nitrogens with zero attached hydrogens (tertiary/aromatic N) is 5. The van der Waals surface area contributed by atoms with Crippen molar-refractivity contribution in [3.8, 4) is 0 Å². The molecule has 9 heteroatoms. The predicted octanol–water partition coefficient (Wildman–Crippen LogP) is 1.58. The highest BCUT2D eigenvalue weighted by molar-refractivity contribution is 7.07. The smallest absolute Gasteiger partial charge is 0.273 e. The van der Waals surface area contributed by atoms with E-state index in [2.05, 4.69) is 20.0 Å². The van der Waals surface area contributed by atoms with E-state index in [1.54, 1.807) is 10.9 Å². The van der Waals surface area contributed by atoms with Gasteiger partial charge in [-0.25, -0.2) is 4.98 Å². The van der Waals surface area contributed by atoms with Gasteiger partial charge in [0, 0.05) is 38.2 Å². The van der Waals surface area contributed by atoms with E-state index in [1.165, 1.54) is 11.3 Å². The van der Waals surface area contributed by atoms with Gasteiger partial charge < -0.3 is 14.2 Å². The largest absolute Gasteiger partial charge is 0.371 e. The summed E-state index contributed by atoms with van der Waals surface area (Å²) >= 11 is 1.44. The average Bonchev–Trinajstić information content (AvgIpc) is 3.27. The van der Waals surface area contributed by atoms with E-state index in [0.29, 0.717) is 43.7 Å². The molecule has 1 unspecified atom stereocenters. The van der Waals surface area contributed by atoms with Crippen LogP contribution in [0.25, 0.3) is 0 Å². The minimum absolute atomic E-state index is 0.00140. The number of piperazine rings is 1. The van der Waals surface area contributed by atoms with Gasteiger partial charge in [-0.2, -0.15) is 4.98 Å². The number of rotatable bonds is 6. The van der Waals surface area contributed by atoms with Crippen LogP contribution in [0.1, 0.15) is 42.2 Å². The number of ether oxygens (including phenoxy) is 1. The molecule has 3 heterocycles. The first-order valence-corrected chi connectivity index (χ1v) is 8.95. The van der Waals surface area contributed by atoms with Crippen molar-refractivity contribution in [2.24, 2.45) is 0 Å². The summed E-state index contributed by atoms with van der Waals surface area (Å²) in [4.78, 5) is 24.8. The molecule has 0 radical (unpaired) electrons. The number of hydrogen-bond donors (Lipinski definition) is 0. The number of carbonyl (C=O) groups is 1. The molecule has 8 nitrogen and oxygen atoms in total. The molecule has 2 aromatic heterocycles. The zero-order chi connectivity index (χ0) is 16.9. The van der Waals surface area contributed by atoms with Gasteiger partial charge in [0.15, 0.2) is 5.82 Å². The van der Waals surface area contributed by atoms with Crippen LogP contribution in [-0.4, -0.2) is 63.6 Å². The molecule has 1 saturated heterocycles. The van der Waals surface area contributed by atoms with Crippen LogP contribution in [0, 0.1) is 0 Å². The van der Waals surface area contributed by atoms with Gasteiger partial charge >= 0.3 is 0 Å². The molecule has 1 atom stereocenters. The van der Waals surface area contributed by atoms with Crippen molar-refractivity contribution in [1.82, 2.24) is 24.9 Å². The monoisotopic (exact) mass is 351 g/mol. The summed E-state index contributed by atoms with van der Waals surface area (Å²) in [7, 11) is 0. The number of hydrogen-bond acceptors (Lipinski definition) is 8. The molecule has 0 N–H and O–H groups in total. The van der Waals surface area contributed by atoms with Crippen LogP contribution >= 0.6 is 11.3 Å². The summed E-state index contributed by atoms with van der Waals surface area (Å²) in [5.41, 5.74) is 2.21. The number of aromatic nitrogens is 3. The average molecular weight is 351 g/mol. The molecule has 0 aliphatic carbocycles. The lowest BCUT2D eigenvalue weighted by Gasteiger charge is -2.33. The SMILES string of the molecule is CCOC(C)c1noc(CN2CCN(C(=O)c3cscn3)CC2)n1. The van der Waals surface area contributed by atoms with Gasteiger partial charge in [-0.05, 0) is 13.8 Å². The Hall–Kier alpha value is -1.84. The van der Waals surface area contributed by atoms with Crippen LogP contribution in [0.4, 0.5) is 0 Å². The molecule has 0 bridgehead atoms. The number of carbonyl (C=O) groups excluding carboxylic acids is 1. The van der Waals surface area contributed by atoms with Crippen molar-refractivity contribution < 1.29 is 14.1 Å².